The molecule has 158 valence electrons. The Labute approximate surface area is 185 Å². The minimum atomic E-state index is 0.0369. The van der Waals surface area contributed by atoms with Crippen LogP contribution < -0.4 is 0 Å². The third-order valence-electron chi connectivity index (χ3n) is 4.74. The SMILES string of the molecule is CN1CC(=CC=Cc2ccc(N=[N+]=[N-])cc2)C(=O)C(=CC=Cc2ccc(N=[N+]=[N-])cc2)C1. The maximum Gasteiger partial charge on any atom is 0.187 e. The molecule has 1 aliphatic heterocycles. The van der Waals surface area contributed by atoms with Crippen molar-refractivity contribution in [1.82, 2.24) is 4.90 Å². The van der Waals surface area contributed by atoms with E-state index in [0.717, 1.165) is 22.3 Å². The number of nitrogens with zero attached hydrogens (tertiary/aromatic N) is 7. The van der Waals surface area contributed by atoms with Gasteiger partial charge in [-0.15, -0.1) is 0 Å². The molecular weight excluding hydrogens is 402 g/mol. The van der Waals surface area contributed by atoms with E-state index in [2.05, 4.69) is 25.0 Å². The third-order valence-corrected chi connectivity index (χ3v) is 4.74. The van der Waals surface area contributed by atoms with Gasteiger partial charge in [0.25, 0.3) is 0 Å². The highest BCUT2D eigenvalue weighted by atomic mass is 16.1. The molecule has 0 spiro atoms. The minimum Gasteiger partial charge on any atom is -0.298 e. The summed E-state index contributed by atoms with van der Waals surface area (Å²) in [4.78, 5) is 20.5. The number of azide groups is 2. The number of likely N-dealkylation sites (N-methyl/N-ethyl adjacent to an activating group) is 1. The van der Waals surface area contributed by atoms with E-state index < -0.39 is 0 Å². The zero-order valence-electron chi connectivity index (χ0n) is 17.5. The Hall–Kier alpha value is -4.35. The van der Waals surface area contributed by atoms with Crippen molar-refractivity contribution in [2.75, 3.05) is 20.1 Å². The van der Waals surface area contributed by atoms with Gasteiger partial charge < -0.3 is 0 Å². The van der Waals surface area contributed by atoms with Gasteiger partial charge in [-0.1, -0.05) is 95.2 Å². The van der Waals surface area contributed by atoms with Gasteiger partial charge in [0, 0.05) is 45.4 Å². The van der Waals surface area contributed by atoms with Crippen molar-refractivity contribution in [2.45, 2.75) is 0 Å². The highest BCUT2D eigenvalue weighted by Crippen LogP contribution is 2.19. The quantitative estimate of drug-likeness (QED) is 0.223. The van der Waals surface area contributed by atoms with Crippen molar-refractivity contribution in [3.05, 3.63) is 116 Å². The second-order valence-electron chi connectivity index (χ2n) is 7.17. The number of allylic oxidation sites excluding steroid dienone is 4. The first-order valence-corrected chi connectivity index (χ1v) is 9.87. The van der Waals surface area contributed by atoms with Gasteiger partial charge in [0.15, 0.2) is 5.78 Å². The number of carbonyl (C=O) groups is 1. The number of piperidine rings is 1. The molecule has 2 aromatic rings. The minimum absolute atomic E-state index is 0.0369. The molecule has 8 nitrogen and oxygen atoms in total. The van der Waals surface area contributed by atoms with Crippen LogP contribution in [0, 0.1) is 0 Å². The molecule has 32 heavy (non-hydrogen) atoms. The Bertz CT molecular complexity index is 1100. The van der Waals surface area contributed by atoms with E-state index in [1.807, 2.05) is 67.8 Å². The van der Waals surface area contributed by atoms with Gasteiger partial charge >= 0.3 is 0 Å². The van der Waals surface area contributed by atoms with Gasteiger partial charge in [0.05, 0.1) is 0 Å². The lowest BCUT2D eigenvalue weighted by Gasteiger charge is -2.25. The van der Waals surface area contributed by atoms with Crippen molar-refractivity contribution >= 4 is 29.3 Å². The van der Waals surface area contributed by atoms with Crippen molar-refractivity contribution < 1.29 is 4.79 Å². The second-order valence-corrected chi connectivity index (χ2v) is 7.17. The number of rotatable bonds is 6. The van der Waals surface area contributed by atoms with Crippen LogP contribution >= 0.6 is 0 Å². The van der Waals surface area contributed by atoms with Gasteiger partial charge in [-0.3, -0.25) is 9.69 Å². The molecule has 0 aliphatic carbocycles. The van der Waals surface area contributed by atoms with Gasteiger partial charge in [-0.2, -0.15) is 0 Å². The number of benzene rings is 2. The van der Waals surface area contributed by atoms with Crippen molar-refractivity contribution in [1.29, 1.82) is 0 Å². The molecule has 1 saturated heterocycles. The van der Waals surface area contributed by atoms with Crippen LogP contribution in [0.4, 0.5) is 11.4 Å². The van der Waals surface area contributed by atoms with E-state index in [4.69, 9.17) is 11.1 Å². The van der Waals surface area contributed by atoms with E-state index in [9.17, 15) is 4.79 Å². The predicted octanol–water partition coefficient (Wildman–Crippen LogP) is 6.66. The van der Waals surface area contributed by atoms with Crippen LogP contribution in [0.1, 0.15) is 11.1 Å². The third kappa shape index (κ3) is 6.32. The summed E-state index contributed by atoms with van der Waals surface area (Å²) in [6, 6.07) is 14.4. The van der Waals surface area contributed by atoms with Crippen LogP contribution in [0.25, 0.3) is 33.0 Å². The lowest BCUT2D eigenvalue weighted by Crippen LogP contribution is -2.34. The molecule has 0 amide bonds. The number of carbonyl (C=O) groups excluding carboxylic acids is 1. The normalized spacial score (nSPS) is 17.1. The first-order chi connectivity index (χ1) is 15.6. The molecule has 3 rings (SSSR count). The molecule has 0 N–H and O–H groups in total. The zero-order valence-corrected chi connectivity index (χ0v) is 17.5. The van der Waals surface area contributed by atoms with Crippen LogP contribution in [-0.4, -0.2) is 30.8 Å². The van der Waals surface area contributed by atoms with Crippen LogP contribution in [0.15, 0.2) is 94.2 Å². The fraction of sp³-hybridized carbons (Fsp3) is 0.125. The van der Waals surface area contributed by atoms with E-state index in [-0.39, 0.29) is 5.78 Å². The Kier molecular flexibility index (Phi) is 7.79. The highest BCUT2D eigenvalue weighted by molar-refractivity contribution is 6.10. The molecule has 0 bridgehead atoms. The first-order valence-electron chi connectivity index (χ1n) is 9.87. The summed E-state index contributed by atoms with van der Waals surface area (Å²) in [6.45, 7) is 1.17. The Balaban J connectivity index is 1.70. The molecular formula is C24H21N7O. The fourth-order valence-corrected chi connectivity index (χ4v) is 3.20. The monoisotopic (exact) mass is 423 g/mol. The smallest absolute Gasteiger partial charge is 0.187 e. The number of Topliss-reactive ketones (excluding diaryl/α,β-unsaturated/α-hetero) is 1. The van der Waals surface area contributed by atoms with Crippen molar-refractivity contribution in [3.8, 4) is 0 Å². The highest BCUT2D eigenvalue weighted by Gasteiger charge is 2.22. The molecule has 1 heterocycles. The summed E-state index contributed by atoms with van der Waals surface area (Å²) >= 11 is 0. The van der Waals surface area contributed by atoms with Crippen LogP contribution in [0.2, 0.25) is 0 Å². The van der Waals surface area contributed by atoms with Crippen LogP contribution in [0.5, 0.6) is 0 Å². The topological polar surface area (TPSA) is 118 Å². The summed E-state index contributed by atoms with van der Waals surface area (Å²) in [5.74, 6) is 0.0369. The average molecular weight is 423 g/mol. The van der Waals surface area contributed by atoms with E-state index in [1.165, 1.54) is 0 Å². The maximum atomic E-state index is 12.9. The summed E-state index contributed by atoms with van der Waals surface area (Å²) in [7, 11) is 1.98. The maximum absolute atomic E-state index is 12.9. The molecule has 1 aliphatic rings. The molecule has 0 atom stereocenters. The molecule has 8 heteroatoms. The number of hydrogen-bond acceptors (Lipinski definition) is 4. The zero-order chi connectivity index (χ0) is 22.8. The van der Waals surface area contributed by atoms with E-state index in [1.54, 1.807) is 24.3 Å². The Morgan fingerprint density at radius 1 is 0.781 bits per heavy atom. The largest absolute Gasteiger partial charge is 0.298 e. The van der Waals surface area contributed by atoms with Crippen LogP contribution in [0.3, 0.4) is 0 Å². The lowest BCUT2D eigenvalue weighted by atomic mass is 9.97. The van der Waals surface area contributed by atoms with Gasteiger partial charge in [0.1, 0.15) is 0 Å². The van der Waals surface area contributed by atoms with Crippen molar-refractivity contribution in [2.24, 2.45) is 10.2 Å². The van der Waals surface area contributed by atoms with Crippen LogP contribution in [-0.2, 0) is 4.79 Å². The molecule has 1 fully saturated rings. The number of hydrogen-bond donors (Lipinski definition) is 0. The Morgan fingerprint density at radius 2 is 1.19 bits per heavy atom. The molecule has 2 aromatic carbocycles. The van der Waals surface area contributed by atoms with E-state index >= 15 is 0 Å². The van der Waals surface area contributed by atoms with E-state index in [0.29, 0.717) is 24.5 Å². The first kappa shape index (κ1) is 22.3. The fourth-order valence-electron chi connectivity index (χ4n) is 3.20. The van der Waals surface area contributed by atoms with Gasteiger partial charge in [-0.25, -0.2) is 0 Å². The summed E-state index contributed by atoms with van der Waals surface area (Å²) < 4.78 is 0. The molecule has 0 radical (unpaired) electrons. The lowest BCUT2D eigenvalue weighted by molar-refractivity contribution is -0.113. The van der Waals surface area contributed by atoms with Crippen molar-refractivity contribution in [3.63, 3.8) is 0 Å². The molecule has 0 aromatic heterocycles. The van der Waals surface area contributed by atoms with Gasteiger partial charge in [0.2, 0.25) is 0 Å². The summed E-state index contributed by atoms with van der Waals surface area (Å²) in [6.07, 6.45) is 11.2. The summed E-state index contributed by atoms with van der Waals surface area (Å²) in [5, 5.41) is 7.10. The standard InChI is InChI=1S/C24H21N7O/c1-31-16-20(6-2-4-18-8-12-22(13-9-18)27-29-25)24(32)21(17-31)7-3-5-19-10-14-23(15-11-19)28-30-26/h2-15H,16-17H2,1H3. The number of likely N-dealkylation sites (tertiary alicyclic amines) is 1. The average Bonchev–Trinajstić information content (AvgIpc) is 2.79. The predicted molar refractivity (Wildman–Crippen MR) is 127 cm³/mol. The molecule has 0 unspecified atom stereocenters. The Morgan fingerprint density at radius 3 is 1.56 bits per heavy atom. The van der Waals surface area contributed by atoms with Gasteiger partial charge in [-0.05, 0) is 29.2 Å². The number of ketones is 1. The summed E-state index contributed by atoms with van der Waals surface area (Å²) in [5.41, 5.74) is 21.4. The second kappa shape index (κ2) is 11.2. The molecule has 0 saturated carbocycles.